The molecule has 1 aromatic rings. The van der Waals surface area contributed by atoms with E-state index in [4.69, 9.17) is 10.7 Å². The monoisotopic (exact) mass is 249 g/mol. The second-order valence-corrected chi connectivity index (χ2v) is 6.75. The summed E-state index contributed by atoms with van der Waals surface area (Å²) in [6, 6.07) is 0. The molecule has 0 radical (unpaired) electrons. The molecule has 1 saturated carbocycles. The molecule has 0 bridgehead atoms. The van der Waals surface area contributed by atoms with Crippen LogP contribution in [0.15, 0.2) is 6.33 Å². The van der Waals surface area contributed by atoms with Crippen LogP contribution in [-0.2, 0) is 22.0 Å². The first kappa shape index (κ1) is 10.9. The Hall–Kier alpha value is -0.620. The molecule has 0 saturated heterocycles. The summed E-state index contributed by atoms with van der Waals surface area (Å²) in [7, 11) is 1.91. The van der Waals surface area contributed by atoms with Gasteiger partial charge in [-0.3, -0.25) is 4.68 Å². The highest BCUT2D eigenvalue weighted by Crippen LogP contribution is 2.47. The molecule has 0 spiro atoms. The van der Waals surface area contributed by atoms with Crippen molar-refractivity contribution in [1.82, 2.24) is 14.8 Å². The molecule has 0 aromatic carbocycles. The predicted octanol–water partition coefficient (Wildman–Crippen LogP) is 0.942. The zero-order chi connectivity index (χ0) is 11.1. The van der Waals surface area contributed by atoms with Crippen molar-refractivity contribution in [1.29, 1.82) is 0 Å². The minimum Gasteiger partial charge on any atom is -0.250 e. The Kier molecular flexibility index (Phi) is 2.50. The normalized spacial score (nSPS) is 19.1. The van der Waals surface area contributed by atoms with Crippen molar-refractivity contribution >= 4 is 19.7 Å². The molecule has 1 aliphatic carbocycles. The van der Waals surface area contributed by atoms with Gasteiger partial charge in [0.1, 0.15) is 12.2 Å². The fourth-order valence-corrected chi connectivity index (χ4v) is 3.14. The van der Waals surface area contributed by atoms with E-state index in [1.807, 2.05) is 6.92 Å². The molecule has 0 unspecified atom stereocenters. The van der Waals surface area contributed by atoms with Crippen LogP contribution in [0, 0.1) is 0 Å². The minimum absolute atomic E-state index is 0.368. The first-order valence-electron chi connectivity index (χ1n) is 4.79. The highest BCUT2D eigenvalue weighted by molar-refractivity contribution is 8.15. The Morgan fingerprint density at radius 3 is 2.73 bits per heavy atom. The highest BCUT2D eigenvalue weighted by atomic mass is 35.7. The van der Waals surface area contributed by atoms with E-state index in [1.165, 1.54) is 6.33 Å². The van der Waals surface area contributed by atoms with Crippen LogP contribution in [0.2, 0.25) is 0 Å². The largest absolute Gasteiger partial charge is 0.250 e. The molecule has 1 fully saturated rings. The van der Waals surface area contributed by atoms with Gasteiger partial charge in [0.2, 0.25) is 9.05 Å². The highest BCUT2D eigenvalue weighted by Gasteiger charge is 2.54. The van der Waals surface area contributed by atoms with Gasteiger partial charge in [0.15, 0.2) is 0 Å². The van der Waals surface area contributed by atoms with E-state index >= 15 is 0 Å². The first-order chi connectivity index (χ1) is 6.98. The van der Waals surface area contributed by atoms with Crippen LogP contribution < -0.4 is 0 Å². The maximum Gasteiger partial charge on any atom is 0.238 e. The van der Waals surface area contributed by atoms with Crippen LogP contribution >= 0.6 is 10.7 Å². The average Bonchev–Trinajstić information content (AvgIpc) is 2.78. The standard InChI is InChI=1S/C8H12ClN3O2S/c1-2-12-7(10-6-11-12)5-8(3-4-8)15(9,13)14/h6H,2-5H2,1H3. The van der Waals surface area contributed by atoms with Gasteiger partial charge in [-0.05, 0) is 19.8 Å². The fourth-order valence-electron chi connectivity index (χ4n) is 1.62. The molecule has 7 heteroatoms. The number of hydrogen-bond acceptors (Lipinski definition) is 4. The molecule has 1 aromatic heterocycles. The topological polar surface area (TPSA) is 64.8 Å². The molecular formula is C8H12ClN3O2S. The van der Waals surface area contributed by atoms with Crippen molar-refractivity contribution in [3.63, 3.8) is 0 Å². The lowest BCUT2D eigenvalue weighted by Gasteiger charge is -2.10. The summed E-state index contributed by atoms with van der Waals surface area (Å²) in [6.07, 6.45) is 3.05. The number of nitrogens with zero attached hydrogens (tertiary/aromatic N) is 3. The van der Waals surface area contributed by atoms with Crippen LogP contribution in [-0.4, -0.2) is 27.9 Å². The zero-order valence-electron chi connectivity index (χ0n) is 8.35. The maximum atomic E-state index is 11.3. The summed E-state index contributed by atoms with van der Waals surface area (Å²) in [5.74, 6) is 0.694. The summed E-state index contributed by atoms with van der Waals surface area (Å²) >= 11 is 0. The van der Waals surface area contributed by atoms with Crippen molar-refractivity contribution in [3.8, 4) is 0 Å². The van der Waals surface area contributed by atoms with E-state index < -0.39 is 13.8 Å². The zero-order valence-corrected chi connectivity index (χ0v) is 9.92. The molecule has 0 aliphatic heterocycles. The van der Waals surface area contributed by atoms with Gasteiger partial charge < -0.3 is 0 Å². The lowest BCUT2D eigenvalue weighted by atomic mass is 10.3. The fraction of sp³-hybridized carbons (Fsp3) is 0.750. The summed E-state index contributed by atoms with van der Waals surface area (Å²) in [5, 5.41) is 4.00. The summed E-state index contributed by atoms with van der Waals surface area (Å²) < 4.78 is 23.6. The molecule has 0 amide bonds. The number of hydrogen-bond donors (Lipinski definition) is 0. The summed E-state index contributed by atoms with van der Waals surface area (Å²) in [4.78, 5) is 4.05. The molecule has 1 aliphatic rings. The van der Waals surface area contributed by atoms with E-state index in [-0.39, 0.29) is 0 Å². The SMILES string of the molecule is CCn1ncnc1CC1(S(=O)(=O)Cl)CC1. The predicted molar refractivity (Wildman–Crippen MR) is 56.1 cm³/mol. The summed E-state index contributed by atoms with van der Waals surface area (Å²) in [5.41, 5.74) is 0. The van der Waals surface area contributed by atoms with Gasteiger partial charge in [-0.2, -0.15) is 5.10 Å². The number of aryl methyl sites for hydroxylation is 1. The van der Waals surface area contributed by atoms with Gasteiger partial charge in [-0.1, -0.05) is 0 Å². The van der Waals surface area contributed by atoms with Crippen molar-refractivity contribution < 1.29 is 8.42 Å². The molecule has 5 nitrogen and oxygen atoms in total. The number of rotatable bonds is 4. The maximum absolute atomic E-state index is 11.3. The van der Waals surface area contributed by atoms with Crippen molar-refractivity contribution in [2.75, 3.05) is 0 Å². The summed E-state index contributed by atoms with van der Waals surface area (Å²) in [6.45, 7) is 2.63. The molecule has 84 valence electrons. The third-order valence-electron chi connectivity index (χ3n) is 2.80. The third kappa shape index (κ3) is 1.88. The second kappa shape index (κ2) is 3.45. The van der Waals surface area contributed by atoms with Crippen LogP contribution in [0.5, 0.6) is 0 Å². The van der Waals surface area contributed by atoms with E-state index in [9.17, 15) is 8.42 Å². The second-order valence-electron chi connectivity index (χ2n) is 3.79. The van der Waals surface area contributed by atoms with Crippen LogP contribution in [0.3, 0.4) is 0 Å². The Morgan fingerprint density at radius 1 is 1.60 bits per heavy atom. The molecule has 15 heavy (non-hydrogen) atoms. The molecular weight excluding hydrogens is 238 g/mol. The van der Waals surface area contributed by atoms with E-state index in [2.05, 4.69) is 10.1 Å². The van der Waals surface area contributed by atoms with Gasteiger partial charge in [-0.15, -0.1) is 0 Å². The Labute approximate surface area is 92.9 Å². The van der Waals surface area contributed by atoms with Crippen LogP contribution in [0.4, 0.5) is 0 Å². The van der Waals surface area contributed by atoms with Gasteiger partial charge >= 0.3 is 0 Å². The Morgan fingerprint density at radius 2 is 2.27 bits per heavy atom. The first-order valence-corrected chi connectivity index (χ1v) is 7.10. The Balaban J connectivity index is 2.23. The lowest BCUT2D eigenvalue weighted by Crippen LogP contribution is -2.23. The van der Waals surface area contributed by atoms with Crippen molar-refractivity contribution in [3.05, 3.63) is 12.2 Å². The lowest BCUT2D eigenvalue weighted by molar-refractivity contribution is 0.570. The third-order valence-corrected chi connectivity index (χ3v) is 5.37. The Bertz CT molecular complexity index is 464. The molecule has 0 atom stereocenters. The molecule has 0 N–H and O–H groups in total. The smallest absolute Gasteiger partial charge is 0.238 e. The van der Waals surface area contributed by atoms with E-state index in [0.717, 1.165) is 0 Å². The van der Waals surface area contributed by atoms with Gasteiger partial charge in [-0.25, -0.2) is 13.4 Å². The molecule has 2 rings (SSSR count). The quantitative estimate of drug-likeness (QED) is 0.745. The minimum atomic E-state index is -3.50. The number of aromatic nitrogens is 3. The number of halogens is 1. The van der Waals surface area contributed by atoms with Crippen LogP contribution in [0.1, 0.15) is 25.6 Å². The average molecular weight is 250 g/mol. The van der Waals surface area contributed by atoms with Crippen molar-refractivity contribution in [2.24, 2.45) is 0 Å². The van der Waals surface area contributed by atoms with Crippen molar-refractivity contribution in [2.45, 2.75) is 37.5 Å². The van der Waals surface area contributed by atoms with Gasteiger partial charge in [0.05, 0.1) is 4.75 Å². The van der Waals surface area contributed by atoms with Gasteiger partial charge in [0.25, 0.3) is 0 Å². The van der Waals surface area contributed by atoms with Gasteiger partial charge in [0, 0.05) is 23.6 Å². The molecule has 1 heterocycles. The van der Waals surface area contributed by atoms with Crippen LogP contribution in [0.25, 0.3) is 0 Å². The van der Waals surface area contributed by atoms with E-state index in [0.29, 0.717) is 31.6 Å². The van der Waals surface area contributed by atoms with E-state index in [1.54, 1.807) is 4.68 Å².